The highest BCUT2D eigenvalue weighted by Crippen LogP contribution is 2.22. The first-order valence-corrected chi connectivity index (χ1v) is 9.25. The minimum atomic E-state index is -0.268. The van der Waals surface area contributed by atoms with Gasteiger partial charge in [0, 0.05) is 19.2 Å². The van der Waals surface area contributed by atoms with Crippen LogP contribution in [0.3, 0.4) is 0 Å². The van der Waals surface area contributed by atoms with Gasteiger partial charge < -0.3 is 15.0 Å². The number of nitrogens with zero attached hydrogens (tertiary/aromatic N) is 2. The summed E-state index contributed by atoms with van der Waals surface area (Å²) in [6, 6.07) is 14.0. The van der Waals surface area contributed by atoms with Gasteiger partial charge in [-0.2, -0.15) is 0 Å². The molecule has 138 valence electrons. The second kappa shape index (κ2) is 8.70. The Balaban J connectivity index is 1.47. The van der Waals surface area contributed by atoms with Crippen LogP contribution in [0.4, 0.5) is 5.69 Å². The number of carbonyl (C=O) groups is 1. The third kappa shape index (κ3) is 4.75. The smallest absolute Gasteiger partial charge is 0.244 e. The molecule has 0 spiro atoms. The fourth-order valence-electron chi connectivity index (χ4n) is 3.48. The molecule has 5 heteroatoms. The molecule has 1 unspecified atom stereocenters. The molecule has 0 bridgehead atoms. The topological polar surface area (TPSA) is 54.5 Å². The summed E-state index contributed by atoms with van der Waals surface area (Å²) >= 11 is 0. The maximum Gasteiger partial charge on any atom is 0.244 e. The SMILES string of the molecule is COc1ccc(NC(C)C(=O)N2CCC(Cc3ccccc3)CC2)cn1. The average molecular weight is 353 g/mol. The normalized spacial score (nSPS) is 16.2. The van der Waals surface area contributed by atoms with E-state index in [-0.39, 0.29) is 11.9 Å². The molecule has 1 amide bonds. The molecule has 5 nitrogen and oxygen atoms in total. The molecule has 0 saturated carbocycles. The molecule has 1 aromatic carbocycles. The van der Waals surface area contributed by atoms with Crippen LogP contribution < -0.4 is 10.1 Å². The molecule has 1 saturated heterocycles. The fraction of sp³-hybridized carbons (Fsp3) is 0.429. The molecule has 26 heavy (non-hydrogen) atoms. The summed E-state index contributed by atoms with van der Waals surface area (Å²) in [5.74, 6) is 1.38. The Bertz CT molecular complexity index is 695. The summed E-state index contributed by atoms with van der Waals surface area (Å²) in [5, 5.41) is 3.23. The van der Waals surface area contributed by atoms with Crippen molar-refractivity contribution in [1.29, 1.82) is 0 Å². The van der Waals surface area contributed by atoms with Gasteiger partial charge in [0.2, 0.25) is 11.8 Å². The first-order valence-electron chi connectivity index (χ1n) is 9.25. The van der Waals surface area contributed by atoms with Crippen molar-refractivity contribution in [2.75, 3.05) is 25.5 Å². The van der Waals surface area contributed by atoms with Crippen molar-refractivity contribution in [3.63, 3.8) is 0 Å². The Labute approximate surface area is 155 Å². The van der Waals surface area contributed by atoms with E-state index in [2.05, 4.69) is 40.6 Å². The maximum atomic E-state index is 12.7. The quantitative estimate of drug-likeness (QED) is 0.865. The van der Waals surface area contributed by atoms with E-state index in [0.29, 0.717) is 11.8 Å². The lowest BCUT2D eigenvalue weighted by Crippen LogP contribution is -2.45. The maximum absolute atomic E-state index is 12.7. The van der Waals surface area contributed by atoms with Gasteiger partial charge in [0.15, 0.2) is 0 Å². The predicted octanol–water partition coefficient (Wildman–Crippen LogP) is 3.37. The van der Waals surface area contributed by atoms with Crippen LogP contribution in [0.1, 0.15) is 25.3 Å². The van der Waals surface area contributed by atoms with Crippen LogP contribution in [0.2, 0.25) is 0 Å². The summed E-state index contributed by atoms with van der Waals surface area (Å²) in [6.45, 7) is 3.58. The Morgan fingerprint density at radius 3 is 2.58 bits per heavy atom. The number of rotatable bonds is 6. The summed E-state index contributed by atoms with van der Waals surface area (Å²) in [4.78, 5) is 18.9. The Kier molecular flexibility index (Phi) is 6.10. The number of pyridine rings is 1. The molecule has 1 aliphatic rings. The van der Waals surface area contributed by atoms with Crippen molar-refractivity contribution in [3.05, 3.63) is 54.2 Å². The number of ether oxygens (including phenoxy) is 1. The molecule has 1 aromatic heterocycles. The van der Waals surface area contributed by atoms with Crippen LogP contribution in [0.15, 0.2) is 48.7 Å². The number of piperidine rings is 1. The standard InChI is InChI=1S/C21H27N3O2/c1-16(23-19-8-9-20(26-2)22-15-19)21(25)24-12-10-18(11-13-24)14-17-6-4-3-5-7-17/h3-9,15-16,18,23H,10-14H2,1-2H3. The lowest BCUT2D eigenvalue weighted by atomic mass is 9.90. The van der Waals surface area contributed by atoms with Gasteiger partial charge in [-0.3, -0.25) is 4.79 Å². The van der Waals surface area contributed by atoms with E-state index in [0.717, 1.165) is 38.0 Å². The van der Waals surface area contributed by atoms with Crippen LogP contribution in [0.25, 0.3) is 0 Å². The molecular weight excluding hydrogens is 326 g/mol. The summed E-state index contributed by atoms with van der Waals surface area (Å²) in [7, 11) is 1.59. The van der Waals surface area contributed by atoms with E-state index >= 15 is 0 Å². The molecule has 0 radical (unpaired) electrons. The Morgan fingerprint density at radius 2 is 1.96 bits per heavy atom. The third-order valence-corrected chi connectivity index (χ3v) is 4.99. The number of likely N-dealkylation sites (tertiary alicyclic amines) is 1. The number of methoxy groups -OCH3 is 1. The first-order chi connectivity index (χ1) is 12.7. The highest BCUT2D eigenvalue weighted by molar-refractivity contribution is 5.84. The summed E-state index contributed by atoms with van der Waals surface area (Å²) in [5.41, 5.74) is 2.21. The third-order valence-electron chi connectivity index (χ3n) is 4.99. The van der Waals surface area contributed by atoms with Crippen LogP contribution in [-0.4, -0.2) is 42.0 Å². The van der Waals surface area contributed by atoms with E-state index in [1.54, 1.807) is 19.4 Å². The van der Waals surface area contributed by atoms with E-state index in [4.69, 9.17) is 4.74 Å². The number of benzene rings is 1. The van der Waals surface area contributed by atoms with Gasteiger partial charge in [0.1, 0.15) is 6.04 Å². The molecule has 1 atom stereocenters. The number of hydrogen-bond donors (Lipinski definition) is 1. The predicted molar refractivity (Wildman–Crippen MR) is 103 cm³/mol. The van der Waals surface area contributed by atoms with Crippen LogP contribution in [0.5, 0.6) is 5.88 Å². The van der Waals surface area contributed by atoms with E-state index in [1.165, 1.54) is 5.56 Å². The number of aromatic nitrogens is 1. The Hall–Kier alpha value is -2.56. The monoisotopic (exact) mass is 353 g/mol. The van der Waals surface area contributed by atoms with E-state index in [9.17, 15) is 4.79 Å². The lowest BCUT2D eigenvalue weighted by Gasteiger charge is -2.34. The van der Waals surface area contributed by atoms with Gasteiger partial charge in [0.25, 0.3) is 0 Å². The molecule has 2 aromatic rings. The van der Waals surface area contributed by atoms with Crippen molar-refractivity contribution >= 4 is 11.6 Å². The number of carbonyl (C=O) groups excluding carboxylic acids is 1. The molecule has 1 fully saturated rings. The van der Waals surface area contributed by atoms with Gasteiger partial charge in [-0.1, -0.05) is 30.3 Å². The minimum Gasteiger partial charge on any atom is -0.481 e. The van der Waals surface area contributed by atoms with E-state index < -0.39 is 0 Å². The number of amides is 1. The number of nitrogens with one attached hydrogen (secondary N) is 1. The summed E-state index contributed by atoms with van der Waals surface area (Å²) < 4.78 is 5.06. The first kappa shape index (κ1) is 18.2. The highest BCUT2D eigenvalue weighted by Gasteiger charge is 2.26. The zero-order valence-electron chi connectivity index (χ0n) is 15.5. The van der Waals surface area contributed by atoms with Crippen molar-refractivity contribution in [2.45, 2.75) is 32.2 Å². The molecular formula is C21H27N3O2. The van der Waals surface area contributed by atoms with Gasteiger partial charge in [0.05, 0.1) is 19.0 Å². The molecule has 1 aliphatic heterocycles. The molecule has 3 rings (SSSR count). The zero-order chi connectivity index (χ0) is 18.4. The second-order valence-electron chi connectivity index (χ2n) is 6.91. The van der Waals surface area contributed by atoms with E-state index in [1.807, 2.05) is 17.9 Å². The fourth-order valence-corrected chi connectivity index (χ4v) is 3.48. The van der Waals surface area contributed by atoms with Gasteiger partial charge in [-0.25, -0.2) is 4.98 Å². The van der Waals surface area contributed by atoms with Gasteiger partial charge in [-0.05, 0) is 43.7 Å². The van der Waals surface area contributed by atoms with Gasteiger partial charge in [-0.15, -0.1) is 0 Å². The van der Waals surface area contributed by atoms with Crippen molar-refractivity contribution in [3.8, 4) is 5.88 Å². The molecule has 2 heterocycles. The van der Waals surface area contributed by atoms with Crippen LogP contribution in [0, 0.1) is 5.92 Å². The largest absolute Gasteiger partial charge is 0.481 e. The van der Waals surface area contributed by atoms with Gasteiger partial charge >= 0.3 is 0 Å². The minimum absolute atomic E-state index is 0.152. The average Bonchev–Trinajstić information content (AvgIpc) is 2.69. The lowest BCUT2D eigenvalue weighted by molar-refractivity contribution is -0.133. The van der Waals surface area contributed by atoms with Crippen molar-refractivity contribution in [1.82, 2.24) is 9.88 Å². The highest BCUT2D eigenvalue weighted by atomic mass is 16.5. The van der Waals surface area contributed by atoms with Crippen molar-refractivity contribution in [2.24, 2.45) is 5.92 Å². The van der Waals surface area contributed by atoms with Crippen molar-refractivity contribution < 1.29 is 9.53 Å². The van der Waals surface area contributed by atoms with Crippen LogP contribution in [-0.2, 0) is 11.2 Å². The molecule has 1 N–H and O–H groups in total. The Morgan fingerprint density at radius 1 is 1.23 bits per heavy atom. The summed E-state index contributed by atoms with van der Waals surface area (Å²) in [6.07, 6.45) is 4.93. The van der Waals surface area contributed by atoms with Crippen LogP contribution >= 0.6 is 0 Å². The zero-order valence-corrected chi connectivity index (χ0v) is 15.5. The number of anilines is 1. The molecule has 0 aliphatic carbocycles. The second-order valence-corrected chi connectivity index (χ2v) is 6.91. The number of hydrogen-bond acceptors (Lipinski definition) is 4.